The van der Waals surface area contributed by atoms with E-state index >= 15 is 0 Å². The van der Waals surface area contributed by atoms with Crippen molar-refractivity contribution in [1.29, 1.82) is 0 Å². The van der Waals surface area contributed by atoms with E-state index in [1.807, 2.05) is 0 Å². The topological polar surface area (TPSA) is 44.0 Å². The maximum atomic E-state index is 14.6. The summed E-state index contributed by atoms with van der Waals surface area (Å²) in [7, 11) is 0. The third-order valence-electron chi connectivity index (χ3n) is 11.7. The van der Waals surface area contributed by atoms with Crippen LogP contribution in [0.5, 0.6) is 0 Å². The molecule has 0 amide bonds. The molecular weight excluding hydrogens is 588 g/mol. The van der Waals surface area contributed by atoms with E-state index in [2.05, 4.69) is 59.4 Å². The minimum Gasteiger partial charge on any atom is -0.340 e. The van der Waals surface area contributed by atoms with Crippen LogP contribution in [0.1, 0.15) is 139 Å². The van der Waals surface area contributed by atoms with Crippen LogP contribution in [-0.4, -0.2) is 9.13 Å². The molecule has 2 aliphatic carbocycles. The first kappa shape index (κ1) is 33.1. The minimum atomic E-state index is 0.128. The number of fused-ring (bicyclic) bond motifs is 8. The molecule has 0 bridgehead atoms. The third-order valence-corrected chi connectivity index (χ3v) is 11.7. The van der Waals surface area contributed by atoms with Gasteiger partial charge in [-0.15, -0.1) is 0 Å². The average Bonchev–Trinajstić information content (AvgIpc) is 3.12. The second kappa shape index (κ2) is 15.0. The van der Waals surface area contributed by atoms with Gasteiger partial charge in [0.15, 0.2) is 10.9 Å². The fourth-order valence-electron chi connectivity index (χ4n) is 9.08. The normalized spacial score (nSPS) is 14.7. The van der Waals surface area contributed by atoms with Gasteiger partial charge in [-0.1, -0.05) is 90.2 Å². The Kier molecular flexibility index (Phi) is 10.4. The van der Waals surface area contributed by atoms with Gasteiger partial charge in [-0.2, -0.15) is 0 Å². The van der Waals surface area contributed by atoms with Crippen molar-refractivity contribution < 1.29 is 0 Å². The first-order chi connectivity index (χ1) is 23.6. The maximum Gasteiger partial charge on any atom is 0.197 e. The van der Waals surface area contributed by atoms with Gasteiger partial charge < -0.3 is 9.13 Å². The van der Waals surface area contributed by atoms with Crippen molar-refractivity contribution in [3.05, 3.63) is 79.1 Å². The van der Waals surface area contributed by atoms with E-state index in [-0.39, 0.29) is 10.9 Å². The number of aryl methyl sites for hydroxylation is 6. The second-order valence-corrected chi connectivity index (χ2v) is 15.0. The first-order valence-electron chi connectivity index (χ1n) is 19.7. The lowest BCUT2D eigenvalue weighted by Gasteiger charge is -2.25. The molecule has 0 saturated heterocycles. The highest BCUT2D eigenvalue weighted by molar-refractivity contribution is 6.05. The highest BCUT2D eigenvalue weighted by Gasteiger charge is 2.23. The number of unbranched alkanes of at least 4 members (excludes halogenated alkanes) is 10. The molecule has 5 aromatic rings. The quantitative estimate of drug-likeness (QED) is 0.0892. The van der Waals surface area contributed by atoms with Gasteiger partial charge in [0.1, 0.15) is 0 Å². The molecule has 0 fully saturated rings. The summed E-state index contributed by atoms with van der Waals surface area (Å²) in [5.74, 6) is 0. The number of pyridine rings is 2. The predicted octanol–water partition coefficient (Wildman–Crippen LogP) is 11.1. The van der Waals surface area contributed by atoms with Crippen molar-refractivity contribution in [3.8, 4) is 0 Å². The van der Waals surface area contributed by atoms with E-state index in [9.17, 15) is 9.59 Å². The Morgan fingerprint density at radius 2 is 0.875 bits per heavy atom. The Labute approximate surface area is 286 Å². The second-order valence-electron chi connectivity index (χ2n) is 15.0. The van der Waals surface area contributed by atoms with Crippen LogP contribution in [0.15, 0.2) is 46.0 Å². The number of benzene rings is 3. The van der Waals surface area contributed by atoms with Crippen molar-refractivity contribution in [2.24, 2.45) is 0 Å². The summed E-state index contributed by atoms with van der Waals surface area (Å²) >= 11 is 0. The highest BCUT2D eigenvalue weighted by atomic mass is 16.1. The summed E-state index contributed by atoms with van der Waals surface area (Å²) in [5, 5.41) is 3.27. The molecule has 0 spiro atoms. The van der Waals surface area contributed by atoms with Gasteiger partial charge in [0.2, 0.25) is 0 Å². The standard InChI is InChI=1S/C44H56N2O2/c1-3-5-7-9-11-17-27-45-39-29-38-40(30-37(39)43(47)35-25-23-31-19-13-15-21-33(31)41(35)45)46(28-18-12-10-8-6-4-2)42-34-22-16-14-20-32(34)24-26-36(42)44(38)48/h23-26,29-30H,3-22,27-28H2,1-2H3. The molecular formula is C44H56N2O2. The van der Waals surface area contributed by atoms with Crippen LogP contribution in [0.4, 0.5) is 0 Å². The first-order valence-corrected chi connectivity index (χ1v) is 19.7. The Balaban J connectivity index is 1.45. The van der Waals surface area contributed by atoms with E-state index < -0.39 is 0 Å². The monoisotopic (exact) mass is 644 g/mol. The third kappa shape index (κ3) is 6.25. The molecule has 4 heteroatoms. The maximum absolute atomic E-state index is 14.6. The molecule has 0 saturated carbocycles. The van der Waals surface area contributed by atoms with Gasteiger partial charge >= 0.3 is 0 Å². The number of hydrogen-bond donors (Lipinski definition) is 0. The summed E-state index contributed by atoms with van der Waals surface area (Å²) in [6.07, 6.45) is 23.8. The van der Waals surface area contributed by atoms with Crippen LogP contribution in [0.25, 0.3) is 43.6 Å². The average molecular weight is 645 g/mol. The number of aromatic nitrogens is 2. The van der Waals surface area contributed by atoms with Crippen LogP contribution < -0.4 is 10.9 Å². The van der Waals surface area contributed by atoms with Gasteiger partial charge in [0.05, 0.1) is 22.1 Å². The molecule has 2 aliphatic rings. The number of rotatable bonds is 14. The van der Waals surface area contributed by atoms with E-state index in [1.165, 1.54) is 112 Å². The van der Waals surface area contributed by atoms with Crippen molar-refractivity contribution in [1.82, 2.24) is 9.13 Å². The number of hydrogen-bond acceptors (Lipinski definition) is 2. The molecule has 2 aromatic heterocycles. The summed E-state index contributed by atoms with van der Waals surface area (Å²) < 4.78 is 4.92. The van der Waals surface area contributed by atoms with E-state index in [1.54, 1.807) is 0 Å². The fourth-order valence-corrected chi connectivity index (χ4v) is 9.08. The lowest BCUT2D eigenvalue weighted by molar-refractivity contribution is 0.568. The zero-order chi connectivity index (χ0) is 33.0. The lowest BCUT2D eigenvalue weighted by Crippen LogP contribution is -2.19. The van der Waals surface area contributed by atoms with E-state index in [0.29, 0.717) is 0 Å². The SMILES string of the molecule is CCCCCCCCn1c2cc3c(=O)c4ccc5c(c4n(CCCCCCCC)c3cc2c(=O)c2ccc3c(c21)CCCC3)CCCC5. The molecule has 0 atom stereocenters. The van der Waals surface area contributed by atoms with Gasteiger partial charge in [-0.05, 0) is 111 Å². The Hall–Kier alpha value is -3.40. The van der Waals surface area contributed by atoms with Crippen molar-refractivity contribution in [2.45, 2.75) is 155 Å². The Bertz CT molecular complexity index is 1910. The zero-order valence-corrected chi connectivity index (χ0v) is 29.7. The molecule has 7 rings (SSSR count). The zero-order valence-electron chi connectivity index (χ0n) is 29.7. The molecule has 48 heavy (non-hydrogen) atoms. The van der Waals surface area contributed by atoms with Crippen LogP contribution in [0, 0.1) is 0 Å². The smallest absolute Gasteiger partial charge is 0.197 e. The minimum absolute atomic E-state index is 0.128. The van der Waals surface area contributed by atoms with Crippen LogP contribution in [0.2, 0.25) is 0 Å². The number of nitrogens with zero attached hydrogens (tertiary/aromatic N) is 2. The molecule has 254 valence electrons. The molecule has 0 aliphatic heterocycles. The van der Waals surface area contributed by atoms with E-state index in [0.717, 1.165) is 95.2 Å². The summed E-state index contributed by atoms with van der Waals surface area (Å²) in [6.45, 7) is 6.31. The predicted molar refractivity (Wildman–Crippen MR) is 205 cm³/mol. The van der Waals surface area contributed by atoms with Gasteiger partial charge in [-0.25, -0.2) is 0 Å². The van der Waals surface area contributed by atoms with Crippen molar-refractivity contribution in [2.75, 3.05) is 0 Å². The molecule has 0 unspecified atom stereocenters. The van der Waals surface area contributed by atoms with Crippen molar-refractivity contribution >= 4 is 43.6 Å². The van der Waals surface area contributed by atoms with Crippen LogP contribution in [0.3, 0.4) is 0 Å². The van der Waals surface area contributed by atoms with Gasteiger partial charge in [0.25, 0.3) is 0 Å². The largest absolute Gasteiger partial charge is 0.340 e. The van der Waals surface area contributed by atoms with Gasteiger partial charge in [0, 0.05) is 34.6 Å². The molecule has 0 radical (unpaired) electrons. The molecule has 3 aromatic carbocycles. The highest BCUT2D eigenvalue weighted by Crippen LogP contribution is 2.34. The Morgan fingerprint density at radius 1 is 0.479 bits per heavy atom. The fraction of sp³-hybridized carbons (Fsp3) is 0.545. The van der Waals surface area contributed by atoms with Crippen LogP contribution >= 0.6 is 0 Å². The van der Waals surface area contributed by atoms with Gasteiger partial charge in [-0.3, -0.25) is 9.59 Å². The lowest BCUT2D eigenvalue weighted by atomic mass is 9.88. The molecule has 0 N–H and O–H groups in total. The molecule has 2 heterocycles. The summed E-state index contributed by atoms with van der Waals surface area (Å²) in [5.41, 5.74) is 9.99. The van der Waals surface area contributed by atoms with Crippen LogP contribution in [-0.2, 0) is 38.8 Å². The van der Waals surface area contributed by atoms with E-state index in [4.69, 9.17) is 0 Å². The summed E-state index contributed by atoms with van der Waals surface area (Å²) in [4.78, 5) is 29.1. The molecule has 4 nitrogen and oxygen atoms in total. The Morgan fingerprint density at radius 3 is 1.31 bits per heavy atom. The van der Waals surface area contributed by atoms with Crippen molar-refractivity contribution in [3.63, 3.8) is 0 Å². The summed E-state index contributed by atoms with van der Waals surface area (Å²) in [6, 6.07) is 12.9.